The van der Waals surface area contributed by atoms with Crippen LogP contribution in [0.3, 0.4) is 0 Å². The predicted molar refractivity (Wildman–Crippen MR) is 150 cm³/mol. The van der Waals surface area contributed by atoms with E-state index in [1.807, 2.05) is 18.2 Å². The van der Waals surface area contributed by atoms with Crippen molar-refractivity contribution < 1.29 is 23.6 Å². The average molecular weight is 561 g/mol. The van der Waals surface area contributed by atoms with Gasteiger partial charge in [0.05, 0.1) is 6.04 Å². The van der Waals surface area contributed by atoms with Crippen LogP contribution in [0.5, 0.6) is 0 Å². The van der Waals surface area contributed by atoms with Crippen molar-refractivity contribution in [3.63, 3.8) is 0 Å². The van der Waals surface area contributed by atoms with Crippen molar-refractivity contribution in [1.29, 1.82) is 5.41 Å². The smallest absolute Gasteiger partial charge is 0.251 e. The van der Waals surface area contributed by atoms with E-state index in [4.69, 9.17) is 11.1 Å². The molecule has 0 saturated carbocycles. The molecule has 3 rings (SSSR count). The minimum Gasteiger partial charge on any atom is -0.370 e. The monoisotopic (exact) mass is 560 g/mol. The molecule has 2 fully saturated rings. The van der Waals surface area contributed by atoms with Gasteiger partial charge in [-0.3, -0.25) is 24.6 Å². The molecule has 13 heteroatoms. The number of carbonyl (C=O) groups excluding carboxylic acids is 4. The zero-order valence-corrected chi connectivity index (χ0v) is 23.2. The molecular formula is C27H41FN8O4. The highest BCUT2D eigenvalue weighted by Gasteiger charge is 2.37. The summed E-state index contributed by atoms with van der Waals surface area (Å²) in [6.07, 6.45) is 1.52. The van der Waals surface area contributed by atoms with Crippen LogP contribution < -0.4 is 26.6 Å². The Morgan fingerprint density at radius 3 is 2.52 bits per heavy atom. The number of benzene rings is 1. The third kappa shape index (κ3) is 8.38. The van der Waals surface area contributed by atoms with Crippen LogP contribution in [-0.2, 0) is 14.4 Å². The molecule has 220 valence electrons. The lowest BCUT2D eigenvalue weighted by Crippen LogP contribution is -2.54. The first-order valence-corrected chi connectivity index (χ1v) is 13.7. The van der Waals surface area contributed by atoms with E-state index in [-0.39, 0.29) is 18.3 Å². The van der Waals surface area contributed by atoms with Gasteiger partial charge in [-0.25, -0.2) is 4.39 Å². The second-order valence-corrected chi connectivity index (χ2v) is 10.4. The van der Waals surface area contributed by atoms with E-state index in [0.717, 1.165) is 31.9 Å². The van der Waals surface area contributed by atoms with Crippen LogP contribution in [0.15, 0.2) is 24.3 Å². The Labute approximate surface area is 234 Å². The third-order valence-electron chi connectivity index (χ3n) is 7.36. The van der Waals surface area contributed by atoms with Gasteiger partial charge in [0.2, 0.25) is 11.8 Å². The van der Waals surface area contributed by atoms with Gasteiger partial charge in [-0.15, -0.1) is 0 Å². The number of Topliss-reactive ketones (excluding diaryl/α,β-unsaturated/α-hetero) is 1. The SMILES string of the molecule is C[C@H](NC(=O)c1cccc(N2CCN(C)CC2)c1)C(=O)N1CCC[C@H]1C(=O)N[C@@H](CCCNC(=N)N)C(=O)CF. The summed E-state index contributed by atoms with van der Waals surface area (Å²) in [6, 6.07) is 4.55. The molecule has 0 aliphatic carbocycles. The maximum atomic E-state index is 13.3. The maximum absolute atomic E-state index is 13.3. The number of carbonyl (C=O) groups is 4. The topological polar surface area (TPSA) is 164 Å². The summed E-state index contributed by atoms with van der Waals surface area (Å²) in [5.41, 5.74) is 6.63. The Morgan fingerprint density at radius 1 is 1.12 bits per heavy atom. The van der Waals surface area contributed by atoms with Crippen LogP contribution in [-0.4, -0.2) is 110 Å². The van der Waals surface area contributed by atoms with E-state index < -0.39 is 42.4 Å². The summed E-state index contributed by atoms with van der Waals surface area (Å²) >= 11 is 0. The standard InChI is InChI=1S/C27H41FN8O4/c1-18(32-24(38)19-6-3-7-20(16-19)35-14-12-34(2)13-15-35)26(40)36-11-5-9-22(36)25(39)33-21(23(37)17-28)8-4-10-31-27(29)30/h3,6-7,16,18,21-22H,4-5,8-15,17H2,1-2H3,(H,32,38)(H,33,39)(H4,29,30,31)/t18-,21-,22-/m0/s1. The number of piperazine rings is 1. The first-order valence-electron chi connectivity index (χ1n) is 13.7. The van der Waals surface area contributed by atoms with E-state index in [1.165, 1.54) is 4.90 Å². The van der Waals surface area contributed by atoms with Crippen molar-refractivity contribution in [3.05, 3.63) is 29.8 Å². The van der Waals surface area contributed by atoms with Crippen molar-refractivity contribution in [2.45, 2.75) is 50.7 Å². The maximum Gasteiger partial charge on any atom is 0.251 e. The fraction of sp³-hybridized carbons (Fsp3) is 0.593. The number of amides is 3. The second-order valence-electron chi connectivity index (χ2n) is 10.4. The lowest BCUT2D eigenvalue weighted by atomic mass is 10.1. The highest BCUT2D eigenvalue weighted by Crippen LogP contribution is 2.21. The molecule has 40 heavy (non-hydrogen) atoms. The fourth-order valence-electron chi connectivity index (χ4n) is 5.01. The lowest BCUT2D eigenvalue weighted by Gasteiger charge is -2.34. The summed E-state index contributed by atoms with van der Waals surface area (Å²) in [6.45, 7) is 4.58. The summed E-state index contributed by atoms with van der Waals surface area (Å²) in [5, 5.41) is 15.1. The van der Waals surface area contributed by atoms with Crippen molar-refractivity contribution in [1.82, 2.24) is 25.8 Å². The Morgan fingerprint density at radius 2 is 1.85 bits per heavy atom. The summed E-state index contributed by atoms with van der Waals surface area (Å²) in [7, 11) is 2.08. The Kier molecular flexibility index (Phi) is 11.2. The van der Waals surface area contributed by atoms with Crippen LogP contribution in [0.25, 0.3) is 0 Å². The first-order chi connectivity index (χ1) is 19.1. The largest absolute Gasteiger partial charge is 0.370 e. The molecule has 0 unspecified atom stereocenters. The molecule has 3 amide bonds. The van der Waals surface area contributed by atoms with Crippen LogP contribution in [0.1, 0.15) is 43.0 Å². The molecule has 12 nitrogen and oxygen atoms in total. The number of hydrogen-bond donors (Lipinski definition) is 5. The van der Waals surface area contributed by atoms with Crippen LogP contribution in [0, 0.1) is 5.41 Å². The van der Waals surface area contributed by atoms with E-state index in [2.05, 4.69) is 32.8 Å². The van der Waals surface area contributed by atoms with E-state index >= 15 is 0 Å². The van der Waals surface area contributed by atoms with Gasteiger partial charge in [0, 0.05) is 50.5 Å². The van der Waals surface area contributed by atoms with Gasteiger partial charge in [0.25, 0.3) is 5.91 Å². The number of nitrogens with one attached hydrogen (secondary N) is 4. The minimum atomic E-state index is -1.22. The van der Waals surface area contributed by atoms with Gasteiger partial charge in [-0.05, 0) is 57.9 Å². The van der Waals surface area contributed by atoms with Gasteiger partial charge in [-0.2, -0.15) is 0 Å². The number of anilines is 1. The van der Waals surface area contributed by atoms with Crippen LogP contribution in [0.2, 0.25) is 0 Å². The zero-order valence-electron chi connectivity index (χ0n) is 23.2. The molecule has 2 heterocycles. The highest BCUT2D eigenvalue weighted by atomic mass is 19.1. The second kappa shape index (κ2) is 14.6. The normalized spacial score (nSPS) is 19.0. The molecule has 0 bridgehead atoms. The number of hydrogen-bond acceptors (Lipinski definition) is 7. The molecule has 1 aromatic rings. The zero-order chi connectivity index (χ0) is 29.2. The number of guanidine groups is 1. The van der Waals surface area contributed by atoms with Gasteiger partial charge in [0.15, 0.2) is 11.7 Å². The van der Waals surface area contributed by atoms with Gasteiger partial charge < -0.3 is 36.4 Å². The van der Waals surface area contributed by atoms with Crippen molar-refractivity contribution in [2.75, 3.05) is 57.9 Å². The molecule has 2 aliphatic rings. The number of likely N-dealkylation sites (tertiary alicyclic amines) is 1. The molecule has 0 radical (unpaired) electrons. The molecule has 0 aromatic heterocycles. The van der Waals surface area contributed by atoms with Crippen molar-refractivity contribution in [3.8, 4) is 0 Å². The van der Waals surface area contributed by atoms with E-state index in [9.17, 15) is 23.6 Å². The van der Waals surface area contributed by atoms with E-state index in [0.29, 0.717) is 37.9 Å². The molecule has 1 aromatic carbocycles. The Hall–Kier alpha value is -3.74. The van der Waals surface area contributed by atoms with Crippen molar-refractivity contribution >= 4 is 35.2 Å². The highest BCUT2D eigenvalue weighted by molar-refractivity contribution is 5.99. The summed E-state index contributed by atoms with van der Waals surface area (Å²) < 4.78 is 13.1. The van der Waals surface area contributed by atoms with Gasteiger partial charge in [-0.1, -0.05) is 6.07 Å². The lowest BCUT2D eigenvalue weighted by molar-refractivity contribution is -0.140. The van der Waals surface area contributed by atoms with Crippen molar-refractivity contribution in [2.24, 2.45) is 5.73 Å². The molecule has 2 aliphatic heterocycles. The number of ketones is 1. The van der Waals surface area contributed by atoms with E-state index in [1.54, 1.807) is 13.0 Å². The number of rotatable bonds is 12. The minimum absolute atomic E-state index is 0.162. The summed E-state index contributed by atoms with van der Waals surface area (Å²) in [5.74, 6) is -2.30. The van der Waals surface area contributed by atoms with Gasteiger partial charge >= 0.3 is 0 Å². The third-order valence-corrected chi connectivity index (χ3v) is 7.36. The summed E-state index contributed by atoms with van der Waals surface area (Å²) in [4.78, 5) is 57.3. The molecule has 2 saturated heterocycles. The first kappa shape index (κ1) is 30.8. The number of nitrogens with zero attached hydrogens (tertiary/aromatic N) is 3. The number of nitrogens with two attached hydrogens (primary N) is 1. The number of halogens is 1. The van der Waals surface area contributed by atoms with Crippen LogP contribution >= 0.6 is 0 Å². The Balaban J connectivity index is 1.58. The molecular weight excluding hydrogens is 519 g/mol. The number of likely N-dealkylation sites (N-methyl/N-ethyl adjacent to an activating group) is 1. The Bertz CT molecular complexity index is 1080. The quantitative estimate of drug-likeness (QED) is 0.134. The number of alkyl halides is 1. The molecule has 0 spiro atoms. The molecule has 6 N–H and O–H groups in total. The average Bonchev–Trinajstić information content (AvgIpc) is 3.44. The van der Waals surface area contributed by atoms with Gasteiger partial charge in [0.1, 0.15) is 18.8 Å². The fourth-order valence-corrected chi connectivity index (χ4v) is 5.01. The van der Waals surface area contributed by atoms with Crippen LogP contribution in [0.4, 0.5) is 10.1 Å². The predicted octanol–water partition coefficient (Wildman–Crippen LogP) is -0.166. The molecule has 3 atom stereocenters.